The highest BCUT2D eigenvalue weighted by Gasteiger charge is 2.31. The predicted octanol–water partition coefficient (Wildman–Crippen LogP) is 3.46. The zero-order chi connectivity index (χ0) is 13.2. The molecule has 1 aliphatic carbocycles. The summed E-state index contributed by atoms with van der Waals surface area (Å²) in [7, 11) is 0. The lowest BCUT2D eigenvalue weighted by atomic mass is 9.91. The van der Waals surface area contributed by atoms with Crippen LogP contribution >= 0.6 is 22.6 Å². The molecule has 0 heterocycles. The fourth-order valence-corrected chi connectivity index (χ4v) is 3.45. The average molecular weight is 358 g/mol. The minimum absolute atomic E-state index is 0.290. The van der Waals surface area contributed by atoms with Gasteiger partial charge in [0.2, 0.25) is 0 Å². The lowest BCUT2D eigenvalue weighted by Crippen LogP contribution is -2.35. The lowest BCUT2D eigenvalue weighted by molar-refractivity contribution is 0.353. The summed E-state index contributed by atoms with van der Waals surface area (Å²) in [5.74, 6) is 0. The molecule has 2 unspecified atom stereocenters. The summed E-state index contributed by atoms with van der Waals surface area (Å²) in [5, 5.41) is 3.74. The van der Waals surface area contributed by atoms with E-state index < -0.39 is 0 Å². The van der Waals surface area contributed by atoms with Gasteiger partial charge in [-0.25, -0.2) is 0 Å². The smallest absolute Gasteiger partial charge is 0.0447 e. The molecular formula is C15H23IN2. The number of hydrogen-bond acceptors (Lipinski definition) is 2. The molecule has 1 fully saturated rings. The van der Waals surface area contributed by atoms with E-state index >= 15 is 0 Å². The first-order chi connectivity index (χ1) is 8.50. The Bertz CT molecular complexity index is 403. The normalized spacial score (nSPS) is 24.1. The van der Waals surface area contributed by atoms with E-state index in [0.717, 1.165) is 0 Å². The van der Waals surface area contributed by atoms with Crippen LogP contribution in [0.1, 0.15) is 44.7 Å². The molecule has 3 N–H and O–H groups in total. The van der Waals surface area contributed by atoms with Crippen molar-refractivity contribution in [3.05, 3.63) is 33.4 Å². The number of halogens is 1. The zero-order valence-corrected chi connectivity index (χ0v) is 13.4. The van der Waals surface area contributed by atoms with Crippen LogP contribution in [0, 0.1) is 8.99 Å². The Morgan fingerprint density at radius 1 is 1.50 bits per heavy atom. The van der Waals surface area contributed by atoms with Gasteiger partial charge in [0.1, 0.15) is 0 Å². The molecule has 0 amide bonds. The number of nitrogens with two attached hydrogens (primary N) is 1. The third-order valence-electron chi connectivity index (χ3n) is 3.89. The van der Waals surface area contributed by atoms with Gasteiger partial charge in [-0.3, -0.25) is 0 Å². The van der Waals surface area contributed by atoms with E-state index in [-0.39, 0.29) is 0 Å². The van der Waals surface area contributed by atoms with E-state index in [9.17, 15) is 0 Å². The molecule has 1 aromatic carbocycles. The number of benzene rings is 1. The molecule has 1 saturated carbocycles. The zero-order valence-electron chi connectivity index (χ0n) is 11.2. The third kappa shape index (κ3) is 3.68. The Kier molecular flexibility index (Phi) is 4.67. The summed E-state index contributed by atoms with van der Waals surface area (Å²) in [4.78, 5) is 0. The van der Waals surface area contributed by atoms with Crippen LogP contribution in [0.2, 0.25) is 0 Å². The topological polar surface area (TPSA) is 38.0 Å². The van der Waals surface area contributed by atoms with Crippen molar-refractivity contribution in [2.45, 2.75) is 45.2 Å². The fourth-order valence-electron chi connectivity index (χ4n) is 2.89. The average Bonchev–Trinajstić information content (AvgIpc) is 2.65. The Morgan fingerprint density at radius 3 is 2.83 bits per heavy atom. The minimum atomic E-state index is 0.290. The van der Waals surface area contributed by atoms with Crippen LogP contribution in [0.25, 0.3) is 0 Å². The van der Waals surface area contributed by atoms with Crippen LogP contribution in [0.5, 0.6) is 0 Å². The van der Waals surface area contributed by atoms with Gasteiger partial charge in [0, 0.05) is 22.2 Å². The Labute approximate surface area is 124 Å². The quantitative estimate of drug-likeness (QED) is 0.809. The largest absolute Gasteiger partial charge is 0.329 e. The van der Waals surface area contributed by atoms with Crippen molar-refractivity contribution in [2.75, 3.05) is 6.54 Å². The summed E-state index contributed by atoms with van der Waals surface area (Å²) in [5.41, 5.74) is 7.74. The molecule has 0 radical (unpaired) electrons. The molecule has 18 heavy (non-hydrogen) atoms. The van der Waals surface area contributed by atoms with Gasteiger partial charge >= 0.3 is 0 Å². The van der Waals surface area contributed by atoms with Gasteiger partial charge in [0.25, 0.3) is 0 Å². The van der Waals surface area contributed by atoms with Crippen molar-refractivity contribution in [3.63, 3.8) is 0 Å². The Morgan fingerprint density at radius 2 is 2.28 bits per heavy atom. The van der Waals surface area contributed by atoms with Crippen molar-refractivity contribution < 1.29 is 0 Å². The maximum absolute atomic E-state index is 5.94. The minimum Gasteiger partial charge on any atom is -0.329 e. The van der Waals surface area contributed by atoms with Gasteiger partial charge in [0.05, 0.1) is 0 Å². The Balaban J connectivity index is 2.02. The molecule has 1 aromatic rings. The van der Waals surface area contributed by atoms with Crippen LogP contribution in [-0.2, 0) is 0 Å². The number of nitrogens with one attached hydrogen (secondary N) is 1. The monoisotopic (exact) mass is 358 g/mol. The van der Waals surface area contributed by atoms with Crippen LogP contribution in [0.4, 0.5) is 0 Å². The van der Waals surface area contributed by atoms with E-state index in [1.807, 2.05) is 0 Å². The highest BCUT2D eigenvalue weighted by Crippen LogP contribution is 2.37. The van der Waals surface area contributed by atoms with E-state index in [4.69, 9.17) is 5.73 Å². The van der Waals surface area contributed by atoms with Crippen molar-refractivity contribution >= 4 is 22.6 Å². The highest BCUT2D eigenvalue weighted by molar-refractivity contribution is 14.1. The van der Waals surface area contributed by atoms with Gasteiger partial charge in [0.15, 0.2) is 0 Å². The summed E-state index contributed by atoms with van der Waals surface area (Å²) in [6, 6.07) is 9.54. The maximum Gasteiger partial charge on any atom is 0.0447 e. The third-order valence-corrected chi connectivity index (χ3v) is 4.56. The van der Waals surface area contributed by atoms with Gasteiger partial charge in [-0.15, -0.1) is 0 Å². The molecule has 0 aliphatic heterocycles. The van der Waals surface area contributed by atoms with Gasteiger partial charge in [-0.05, 0) is 65.0 Å². The molecule has 100 valence electrons. The second kappa shape index (κ2) is 5.88. The SMILES string of the molecule is CC1(C)CCC(NC(CN)c2cccc(I)c2)C1. The molecule has 1 aliphatic rings. The molecule has 2 nitrogen and oxygen atoms in total. The first-order valence-corrected chi connectivity index (χ1v) is 7.80. The van der Waals surface area contributed by atoms with E-state index in [1.54, 1.807) is 0 Å². The highest BCUT2D eigenvalue weighted by atomic mass is 127. The van der Waals surface area contributed by atoms with Crippen LogP contribution in [0.15, 0.2) is 24.3 Å². The summed E-state index contributed by atoms with van der Waals surface area (Å²) in [6.07, 6.45) is 3.84. The molecule has 0 saturated heterocycles. The van der Waals surface area contributed by atoms with Gasteiger partial charge in [-0.1, -0.05) is 26.0 Å². The van der Waals surface area contributed by atoms with E-state index in [1.165, 1.54) is 28.4 Å². The second-order valence-corrected chi connectivity index (χ2v) is 7.36. The summed E-state index contributed by atoms with van der Waals surface area (Å²) in [6.45, 7) is 5.38. The molecule has 3 heteroatoms. The molecule has 2 rings (SSSR count). The molecule has 2 atom stereocenters. The van der Waals surface area contributed by atoms with Crippen molar-refractivity contribution in [1.82, 2.24) is 5.32 Å². The summed E-state index contributed by atoms with van der Waals surface area (Å²) >= 11 is 2.36. The first kappa shape index (κ1) is 14.3. The first-order valence-electron chi connectivity index (χ1n) is 6.72. The van der Waals surface area contributed by atoms with E-state index in [0.29, 0.717) is 24.0 Å². The van der Waals surface area contributed by atoms with Crippen LogP contribution < -0.4 is 11.1 Å². The molecule has 0 bridgehead atoms. The van der Waals surface area contributed by atoms with Crippen LogP contribution in [-0.4, -0.2) is 12.6 Å². The summed E-state index contributed by atoms with van der Waals surface area (Å²) < 4.78 is 1.28. The van der Waals surface area contributed by atoms with Gasteiger partial charge < -0.3 is 11.1 Å². The van der Waals surface area contributed by atoms with Crippen molar-refractivity contribution in [2.24, 2.45) is 11.1 Å². The van der Waals surface area contributed by atoms with Crippen molar-refractivity contribution in [3.8, 4) is 0 Å². The molecule has 0 spiro atoms. The Hall–Kier alpha value is -0.130. The number of rotatable bonds is 4. The lowest BCUT2D eigenvalue weighted by Gasteiger charge is -2.24. The second-order valence-electron chi connectivity index (χ2n) is 6.11. The van der Waals surface area contributed by atoms with Gasteiger partial charge in [-0.2, -0.15) is 0 Å². The standard InChI is InChI=1S/C15H23IN2/c1-15(2)7-6-13(9-15)18-14(10-17)11-4-3-5-12(16)8-11/h3-5,8,13-14,18H,6-7,9-10,17H2,1-2H3. The fraction of sp³-hybridized carbons (Fsp3) is 0.600. The van der Waals surface area contributed by atoms with Crippen molar-refractivity contribution in [1.29, 1.82) is 0 Å². The van der Waals surface area contributed by atoms with Crippen LogP contribution in [0.3, 0.4) is 0 Å². The van der Waals surface area contributed by atoms with E-state index in [2.05, 4.69) is 66.0 Å². The maximum atomic E-state index is 5.94. The molecular weight excluding hydrogens is 335 g/mol. The number of hydrogen-bond donors (Lipinski definition) is 2. The predicted molar refractivity (Wildman–Crippen MR) is 85.5 cm³/mol. The molecule has 0 aromatic heterocycles.